The molecule has 0 saturated heterocycles. The summed E-state index contributed by atoms with van der Waals surface area (Å²) in [5.74, 6) is -0.780. The average Bonchev–Trinajstić information content (AvgIpc) is 2.32. The van der Waals surface area contributed by atoms with Gasteiger partial charge in [-0.2, -0.15) is 0 Å². The predicted molar refractivity (Wildman–Crippen MR) is 70.9 cm³/mol. The average molecular weight is 302 g/mol. The van der Waals surface area contributed by atoms with Crippen LogP contribution < -0.4 is 10.5 Å². The van der Waals surface area contributed by atoms with E-state index in [9.17, 15) is 12.8 Å². The monoisotopic (exact) mass is 301 g/mol. The predicted octanol–water partition coefficient (Wildman–Crippen LogP) is 2.26. The normalized spacial score (nSPS) is 11.3. The van der Waals surface area contributed by atoms with E-state index < -0.39 is 21.5 Å². The van der Waals surface area contributed by atoms with Gasteiger partial charge in [0.2, 0.25) is 0 Å². The first-order valence-electron chi connectivity index (χ1n) is 5.09. The summed E-state index contributed by atoms with van der Waals surface area (Å²) in [6.45, 7) is 0. The minimum Gasteiger partial charge on any atom is -0.395 e. The van der Waals surface area contributed by atoms with Crippen LogP contribution in [-0.2, 0) is 10.0 Å². The van der Waals surface area contributed by atoms with E-state index in [2.05, 4.69) is 9.71 Å². The molecule has 0 bridgehead atoms. The second-order valence-corrected chi connectivity index (χ2v) is 5.64. The molecule has 0 spiro atoms. The van der Waals surface area contributed by atoms with Crippen LogP contribution in [0.15, 0.2) is 41.3 Å². The number of nitrogen functional groups attached to an aromatic ring is 1. The lowest BCUT2D eigenvalue weighted by molar-refractivity contribution is 0.597. The van der Waals surface area contributed by atoms with Gasteiger partial charge in [-0.25, -0.2) is 17.8 Å². The van der Waals surface area contributed by atoms with Crippen LogP contribution in [0.2, 0.25) is 5.15 Å². The minimum atomic E-state index is -4.02. The lowest BCUT2D eigenvalue weighted by atomic mass is 10.3. The molecule has 0 unspecified atom stereocenters. The topological polar surface area (TPSA) is 85.1 Å². The smallest absolute Gasteiger partial charge is 0.265 e. The molecule has 2 rings (SSSR count). The first-order valence-corrected chi connectivity index (χ1v) is 6.95. The molecule has 0 aliphatic carbocycles. The third-order valence-corrected chi connectivity index (χ3v) is 3.88. The molecule has 0 saturated carbocycles. The van der Waals surface area contributed by atoms with Crippen molar-refractivity contribution in [2.24, 2.45) is 0 Å². The highest BCUT2D eigenvalue weighted by Crippen LogP contribution is 2.23. The number of para-hydroxylation sites is 1. The zero-order valence-electron chi connectivity index (χ0n) is 9.47. The summed E-state index contributed by atoms with van der Waals surface area (Å²) in [7, 11) is -4.02. The summed E-state index contributed by atoms with van der Waals surface area (Å²) >= 11 is 5.65. The van der Waals surface area contributed by atoms with Gasteiger partial charge >= 0.3 is 0 Å². The highest BCUT2D eigenvalue weighted by atomic mass is 35.5. The molecule has 0 radical (unpaired) electrons. The van der Waals surface area contributed by atoms with Crippen LogP contribution in [0.25, 0.3) is 0 Å². The molecular formula is C11H9ClFN3O2S. The van der Waals surface area contributed by atoms with Crippen molar-refractivity contribution in [3.8, 4) is 0 Å². The number of rotatable bonds is 3. The molecule has 0 aliphatic rings. The summed E-state index contributed by atoms with van der Waals surface area (Å²) in [5.41, 5.74) is 4.96. The molecule has 0 atom stereocenters. The van der Waals surface area contributed by atoms with E-state index in [1.165, 1.54) is 30.3 Å². The number of hydrogen-bond acceptors (Lipinski definition) is 4. The number of hydrogen-bond donors (Lipinski definition) is 2. The Kier molecular flexibility index (Phi) is 3.59. The Labute approximate surface area is 114 Å². The first kappa shape index (κ1) is 13.6. The zero-order chi connectivity index (χ0) is 14.0. The third kappa shape index (κ3) is 2.94. The summed E-state index contributed by atoms with van der Waals surface area (Å²) in [4.78, 5) is 3.42. The number of aromatic nitrogens is 1. The standard InChI is InChI=1S/C11H9ClFN3O2S/c12-9-5-2-6-10(15-9)16-19(17,18)8-4-1-3-7(13)11(8)14/h1-6H,14H2,(H,15,16). The van der Waals surface area contributed by atoms with E-state index >= 15 is 0 Å². The van der Waals surface area contributed by atoms with E-state index in [0.717, 1.165) is 6.07 Å². The molecule has 100 valence electrons. The Bertz CT molecular complexity index is 722. The molecule has 1 aromatic carbocycles. The van der Waals surface area contributed by atoms with Gasteiger partial charge in [-0.3, -0.25) is 4.72 Å². The Morgan fingerprint density at radius 2 is 1.89 bits per heavy atom. The Morgan fingerprint density at radius 3 is 2.58 bits per heavy atom. The lowest BCUT2D eigenvalue weighted by Gasteiger charge is -2.09. The summed E-state index contributed by atoms with van der Waals surface area (Å²) in [5, 5.41) is 0.132. The van der Waals surface area contributed by atoms with Crippen molar-refractivity contribution in [1.82, 2.24) is 4.98 Å². The number of anilines is 2. The lowest BCUT2D eigenvalue weighted by Crippen LogP contribution is -2.16. The van der Waals surface area contributed by atoms with Crippen molar-refractivity contribution in [3.63, 3.8) is 0 Å². The molecule has 8 heteroatoms. The molecular weight excluding hydrogens is 293 g/mol. The molecule has 1 heterocycles. The van der Waals surface area contributed by atoms with Crippen LogP contribution >= 0.6 is 11.6 Å². The van der Waals surface area contributed by atoms with Crippen molar-refractivity contribution in [1.29, 1.82) is 0 Å². The van der Waals surface area contributed by atoms with Gasteiger partial charge in [-0.1, -0.05) is 23.7 Å². The SMILES string of the molecule is Nc1c(F)cccc1S(=O)(=O)Nc1cccc(Cl)n1. The van der Waals surface area contributed by atoms with Crippen molar-refractivity contribution < 1.29 is 12.8 Å². The molecule has 2 aromatic rings. The summed E-state index contributed by atoms with van der Waals surface area (Å²) in [6, 6.07) is 7.97. The number of nitrogens with one attached hydrogen (secondary N) is 1. The Hall–Kier alpha value is -1.86. The van der Waals surface area contributed by atoms with Crippen LogP contribution in [0, 0.1) is 5.82 Å². The molecule has 0 fully saturated rings. The highest BCUT2D eigenvalue weighted by Gasteiger charge is 2.20. The largest absolute Gasteiger partial charge is 0.395 e. The summed E-state index contributed by atoms with van der Waals surface area (Å²) in [6.07, 6.45) is 0. The van der Waals surface area contributed by atoms with Crippen LogP contribution in [0.3, 0.4) is 0 Å². The van der Waals surface area contributed by atoms with Gasteiger partial charge in [0, 0.05) is 0 Å². The number of nitrogens with zero attached hydrogens (tertiary/aromatic N) is 1. The molecule has 5 nitrogen and oxygen atoms in total. The fourth-order valence-corrected chi connectivity index (χ4v) is 2.72. The van der Waals surface area contributed by atoms with E-state index in [1.807, 2.05) is 0 Å². The van der Waals surface area contributed by atoms with Crippen LogP contribution in [0.1, 0.15) is 0 Å². The molecule has 1 aromatic heterocycles. The van der Waals surface area contributed by atoms with E-state index in [0.29, 0.717) is 0 Å². The number of nitrogens with two attached hydrogens (primary N) is 1. The van der Waals surface area contributed by atoms with Gasteiger partial charge in [-0.15, -0.1) is 0 Å². The van der Waals surface area contributed by atoms with Gasteiger partial charge in [0.25, 0.3) is 10.0 Å². The van der Waals surface area contributed by atoms with Crippen LogP contribution in [-0.4, -0.2) is 13.4 Å². The maximum Gasteiger partial charge on any atom is 0.265 e. The van der Waals surface area contributed by atoms with Gasteiger partial charge in [0.15, 0.2) is 0 Å². The van der Waals surface area contributed by atoms with E-state index in [4.69, 9.17) is 17.3 Å². The Balaban J connectivity index is 2.41. The third-order valence-electron chi connectivity index (χ3n) is 2.26. The number of pyridine rings is 1. The second-order valence-electron chi connectivity index (χ2n) is 3.60. The van der Waals surface area contributed by atoms with Crippen molar-refractivity contribution in [3.05, 3.63) is 47.4 Å². The van der Waals surface area contributed by atoms with Gasteiger partial charge < -0.3 is 5.73 Å². The first-order chi connectivity index (χ1) is 8.90. The Morgan fingerprint density at radius 1 is 1.21 bits per heavy atom. The minimum absolute atomic E-state index is 0.0242. The van der Waals surface area contributed by atoms with Crippen molar-refractivity contribution in [2.45, 2.75) is 4.90 Å². The maximum absolute atomic E-state index is 13.3. The summed E-state index contributed by atoms with van der Waals surface area (Å²) < 4.78 is 39.5. The number of sulfonamides is 1. The fourth-order valence-electron chi connectivity index (χ4n) is 1.41. The molecule has 0 aliphatic heterocycles. The zero-order valence-corrected chi connectivity index (χ0v) is 11.0. The van der Waals surface area contributed by atoms with Crippen LogP contribution in [0.5, 0.6) is 0 Å². The molecule has 19 heavy (non-hydrogen) atoms. The number of halogens is 2. The molecule has 3 N–H and O–H groups in total. The van der Waals surface area contributed by atoms with Gasteiger partial charge in [-0.05, 0) is 24.3 Å². The number of benzene rings is 1. The van der Waals surface area contributed by atoms with E-state index in [-0.39, 0.29) is 15.9 Å². The maximum atomic E-state index is 13.3. The highest BCUT2D eigenvalue weighted by molar-refractivity contribution is 7.92. The van der Waals surface area contributed by atoms with Gasteiger partial charge in [0.05, 0.1) is 5.69 Å². The van der Waals surface area contributed by atoms with Crippen molar-refractivity contribution >= 4 is 33.1 Å². The molecule has 0 amide bonds. The fraction of sp³-hybridized carbons (Fsp3) is 0. The van der Waals surface area contributed by atoms with Crippen molar-refractivity contribution in [2.75, 3.05) is 10.5 Å². The second kappa shape index (κ2) is 5.02. The quantitative estimate of drug-likeness (QED) is 0.672. The van der Waals surface area contributed by atoms with Crippen LogP contribution in [0.4, 0.5) is 15.9 Å². The van der Waals surface area contributed by atoms with E-state index in [1.54, 1.807) is 0 Å². The van der Waals surface area contributed by atoms with Gasteiger partial charge in [0.1, 0.15) is 21.7 Å².